The number of alkyl halides is 3. The van der Waals surface area contributed by atoms with Crippen LogP contribution in [0.1, 0.15) is 26.7 Å². The van der Waals surface area contributed by atoms with Gasteiger partial charge in [-0.05, 0) is 12.3 Å². The molecule has 0 fully saturated rings. The van der Waals surface area contributed by atoms with Crippen molar-refractivity contribution in [2.75, 3.05) is 19.6 Å². The standard InChI is InChI=1S/C11H19F3N2O3/c1-8(2)6-16(7-9(17)18)10(19)15-5-3-4-11(12,13)14/h8H,3-7H2,1-2H3,(H,15,19)(H,17,18). The van der Waals surface area contributed by atoms with Crippen LogP contribution in [0.15, 0.2) is 0 Å². The summed E-state index contributed by atoms with van der Waals surface area (Å²) < 4.78 is 35.6. The van der Waals surface area contributed by atoms with E-state index in [0.717, 1.165) is 4.90 Å². The number of aliphatic carboxylic acids is 1. The van der Waals surface area contributed by atoms with Gasteiger partial charge in [-0.1, -0.05) is 13.8 Å². The normalized spacial score (nSPS) is 11.5. The Bertz CT molecular complexity index is 306. The maximum Gasteiger partial charge on any atom is 0.389 e. The van der Waals surface area contributed by atoms with Crippen LogP contribution in [-0.2, 0) is 4.79 Å². The van der Waals surface area contributed by atoms with Crippen LogP contribution in [0.2, 0.25) is 0 Å². The number of rotatable bonds is 7. The Morgan fingerprint density at radius 3 is 2.32 bits per heavy atom. The summed E-state index contributed by atoms with van der Waals surface area (Å²) in [5, 5.41) is 10.9. The molecule has 0 spiro atoms. The molecule has 0 aliphatic heterocycles. The molecule has 0 saturated heterocycles. The van der Waals surface area contributed by atoms with Crippen LogP contribution in [0.4, 0.5) is 18.0 Å². The number of hydrogen-bond acceptors (Lipinski definition) is 2. The van der Waals surface area contributed by atoms with Gasteiger partial charge in [0.25, 0.3) is 0 Å². The van der Waals surface area contributed by atoms with Crippen molar-refractivity contribution in [1.82, 2.24) is 10.2 Å². The smallest absolute Gasteiger partial charge is 0.389 e. The number of carbonyl (C=O) groups is 2. The van der Waals surface area contributed by atoms with E-state index in [2.05, 4.69) is 5.32 Å². The molecule has 0 bridgehead atoms. The third kappa shape index (κ3) is 10.2. The molecule has 0 rings (SSSR count). The van der Waals surface area contributed by atoms with E-state index in [-0.39, 0.29) is 25.4 Å². The highest BCUT2D eigenvalue weighted by molar-refractivity contribution is 5.80. The Morgan fingerprint density at radius 2 is 1.89 bits per heavy atom. The number of carbonyl (C=O) groups excluding carboxylic acids is 1. The van der Waals surface area contributed by atoms with Crippen molar-refractivity contribution in [3.8, 4) is 0 Å². The summed E-state index contributed by atoms with van der Waals surface area (Å²) >= 11 is 0. The first-order valence-corrected chi connectivity index (χ1v) is 5.93. The van der Waals surface area contributed by atoms with Crippen molar-refractivity contribution in [3.05, 3.63) is 0 Å². The SMILES string of the molecule is CC(C)CN(CC(=O)O)C(=O)NCCCC(F)(F)F. The van der Waals surface area contributed by atoms with Gasteiger partial charge in [0.05, 0.1) is 0 Å². The van der Waals surface area contributed by atoms with Gasteiger partial charge < -0.3 is 15.3 Å². The molecule has 5 nitrogen and oxygen atoms in total. The van der Waals surface area contributed by atoms with Crippen LogP contribution >= 0.6 is 0 Å². The molecule has 0 aromatic heterocycles. The molecule has 2 N–H and O–H groups in total. The lowest BCUT2D eigenvalue weighted by atomic mass is 10.2. The molecule has 8 heteroatoms. The predicted octanol–water partition coefficient (Wildman–Crippen LogP) is 2.08. The van der Waals surface area contributed by atoms with Crippen molar-refractivity contribution in [2.24, 2.45) is 5.92 Å². The van der Waals surface area contributed by atoms with Crippen molar-refractivity contribution < 1.29 is 27.9 Å². The number of carboxylic acids is 1. The molecule has 19 heavy (non-hydrogen) atoms. The van der Waals surface area contributed by atoms with Gasteiger partial charge in [0.1, 0.15) is 6.54 Å². The summed E-state index contributed by atoms with van der Waals surface area (Å²) in [6, 6.07) is -0.654. The van der Waals surface area contributed by atoms with Gasteiger partial charge in [0, 0.05) is 19.5 Å². The van der Waals surface area contributed by atoms with E-state index in [4.69, 9.17) is 5.11 Å². The molecular weight excluding hydrogens is 265 g/mol. The van der Waals surface area contributed by atoms with Gasteiger partial charge in [-0.2, -0.15) is 13.2 Å². The monoisotopic (exact) mass is 284 g/mol. The minimum atomic E-state index is -4.25. The summed E-state index contributed by atoms with van der Waals surface area (Å²) in [5.74, 6) is -1.09. The van der Waals surface area contributed by atoms with Gasteiger partial charge in [-0.25, -0.2) is 4.79 Å². The van der Waals surface area contributed by atoms with Crippen molar-refractivity contribution in [1.29, 1.82) is 0 Å². The lowest BCUT2D eigenvalue weighted by Gasteiger charge is -2.23. The molecule has 0 aliphatic rings. The van der Waals surface area contributed by atoms with E-state index in [1.165, 1.54) is 0 Å². The van der Waals surface area contributed by atoms with Gasteiger partial charge in [0.2, 0.25) is 0 Å². The van der Waals surface area contributed by atoms with Gasteiger partial charge >= 0.3 is 18.2 Å². The number of nitrogens with zero attached hydrogens (tertiary/aromatic N) is 1. The highest BCUT2D eigenvalue weighted by atomic mass is 19.4. The minimum absolute atomic E-state index is 0.0697. The molecule has 0 atom stereocenters. The third-order valence-corrected chi connectivity index (χ3v) is 2.11. The van der Waals surface area contributed by atoms with Crippen molar-refractivity contribution in [2.45, 2.75) is 32.9 Å². The lowest BCUT2D eigenvalue weighted by Crippen LogP contribution is -2.44. The highest BCUT2D eigenvalue weighted by Crippen LogP contribution is 2.20. The van der Waals surface area contributed by atoms with E-state index >= 15 is 0 Å². The van der Waals surface area contributed by atoms with E-state index in [1.807, 2.05) is 13.8 Å². The first-order valence-electron chi connectivity index (χ1n) is 5.93. The van der Waals surface area contributed by atoms with Crippen molar-refractivity contribution >= 4 is 12.0 Å². The predicted molar refractivity (Wildman–Crippen MR) is 62.7 cm³/mol. The number of halogens is 3. The number of urea groups is 1. The second-order valence-electron chi connectivity index (χ2n) is 4.62. The molecule has 0 unspecified atom stereocenters. The van der Waals surface area contributed by atoms with Crippen LogP contribution in [0, 0.1) is 5.92 Å². The van der Waals surface area contributed by atoms with Crippen LogP contribution in [0.5, 0.6) is 0 Å². The van der Waals surface area contributed by atoms with Gasteiger partial charge in [0.15, 0.2) is 0 Å². The molecule has 0 aromatic rings. The molecule has 0 radical (unpaired) electrons. The average molecular weight is 284 g/mol. The number of hydrogen-bond donors (Lipinski definition) is 2. The highest BCUT2D eigenvalue weighted by Gasteiger charge is 2.26. The fraction of sp³-hybridized carbons (Fsp3) is 0.818. The van der Waals surface area contributed by atoms with E-state index in [0.29, 0.717) is 0 Å². The van der Waals surface area contributed by atoms with E-state index in [1.54, 1.807) is 0 Å². The summed E-state index contributed by atoms with van der Waals surface area (Å²) in [5.41, 5.74) is 0. The van der Waals surface area contributed by atoms with Gasteiger partial charge in [-0.3, -0.25) is 4.79 Å². The molecule has 0 aromatic carbocycles. The maximum atomic E-state index is 11.9. The molecule has 0 saturated carbocycles. The summed E-state index contributed by atoms with van der Waals surface area (Å²) in [6.07, 6.45) is -5.45. The van der Waals surface area contributed by atoms with Crippen molar-refractivity contribution in [3.63, 3.8) is 0 Å². The fourth-order valence-electron chi connectivity index (χ4n) is 1.42. The third-order valence-electron chi connectivity index (χ3n) is 2.11. The number of amides is 2. The first kappa shape index (κ1) is 17.5. The first-order chi connectivity index (χ1) is 8.61. The molecular formula is C11H19F3N2O3. The number of nitrogens with one attached hydrogen (secondary N) is 1. The minimum Gasteiger partial charge on any atom is -0.480 e. The Hall–Kier alpha value is -1.47. The quantitative estimate of drug-likeness (QED) is 0.703. The van der Waals surface area contributed by atoms with Gasteiger partial charge in [-0.15, -0.1) is 0 Å². The topological polar surface area (TPSA) is 69.6 Å². The molecule has 2 amide bonds. The summed E-state index contributed by atoms with van der Waals surface area (Å²) in [4.78, 5) is 23.3. The van der Waals surface area contributed by atoms with Crippen LogP contribution in [-0.4, -0.2) is 47.8 Å². The second kappa shape index (κ2) is 7.85. The largest absolute Gasteiger partial charge is 0.480 e. The summed E-state index contributed by atoms with van der Waals surface area (Å²) in [7, 11) is 0. The average Bonchev–Trinajstić information content (AvgIpc) is 2.20. The van der Waals surface area contributed by atoms with Crippen LogP contribution in [0.25, 0.3) is 0 Å². The zero-order valence-electron chi connectivity index (χ0n) is 11.0. The Balaban J connectivity index is 4.14. The van der Waals surface area contributed by atoms with E-state index in [9.17, 15) is 22.8 Å². The van der Waals surface area contributed by atoms with Crippen LogP contribution in [0.3, 0.4) is 0 Å². The Morgan fingerprint density at radius 1 is 1.32 bits per heavy atom. The zero-order chi connectivity index (χ0) is 15.1. The lowest BCUT2D eigenvalue weighted by molar-refractivity contribution is -0.137. The number of carboxylic acid groups (broad SMARTS) is 1. The Kier molecular flexibility index (Phi) is 7.25. The second-order valence-corrected chi connectivity index (χ2v) is 4.62. The fourth-order valence-corrected chi connectivity index (χ4v) is 1.42. The zero-order valence-corrected chi connectivity index (χ0v) is 11.0. The Labute approximate surface area is 109 Å². The van der Waals surface area contributed by atoms with Crippen LogP contribution < -0.4 is 5.32 Å². The molecule has 0 heterocycles. The molecule has 0 aliphatic carbocycles. The maximum absolute atomic E-state index is 11.9. The van der Waals surface area contributed by atoms with E-state index < -0.39 is 31.1 Å². The molecule has 112 valence electrons. The summed E-state index contributed by atoms with van der Waals surface area (Å²) in [6.45, 7) is 3.25.